The van der Waals surface area contributed by atoms with E-state index in [1.807, 2.05) is 19.1 Å². The van der Waals surface area contributed by atoms with Gasteiger partial charge in [-0.1, -0.05) is 0 Å². The molecule has 0 radical (unpaired) electrons. The van der Waals surface area contributed by atoms with E-state index in [1.165, 1.54) is 0 Å². The molecule has 0 spiro atoms. The second kappa shape index (κ2) is 7.33. The van der Waals surface area contributed by atoms with Gasteiger partial charge in [0.25, 0.3) is 0 Å². The van der Waals surface area contributed by atoms with Crippen LogP contribution in [0.5, 0.6) is 11.5 Å². The van der Waals surface area contributed by atoms with Gasteiger partial charge in [-0.2, -0.15) is 0 Å². The number of aryl methyl sites for hydroxylation is 1. The molecule has 4 nitrogen and oxygen atoms in total. The second-order valence-corrected chi connectivity index (χ2v) is 6.53. The lowest BCUT2D eigenvalue weighted by atomic mass is 9.87. The summed E-state index contributed by atoms with van der Waals surface area (Å²) in [6.45, 7) is 2.27. The highest BCUT2D eigenvalue weighted by Crippen LogP contribution is 2.37. The Morgan fingerprint density at radius 2 is 1.68 bits per heavy atom. The summed E-state index contributed by atoms with van der Waals surface area (Å²) >= 11 is 0. The van der Waals surface area contributed by atoms with Crippen LogP contribution in [0.15, 0.2) is 30.6 Å². The molecule has 1 aliphatic carbocycles. The third-order valence-electron chi connectivity index (χ3n) is 4.55. The molecule has 0 saturated heterocycles. The first-order valence-electron chi connectivity index (χ1n) is 8.44. The molecule has 134 valence electrons. The smallest absolute Gasteiger partial charge is 0.248 e. The summed E-state index contributed by atoms with van der Waals surface area (Å²) in [6.07, 6.45) is 4.40. The quantitative estimate of drug-likeness (QED) is 0.788. The van der Waals surface area contributed by atoms with Crippen molar-refractivity contribution in [1.82, 2.24) is 9.97 Å². The molecule has 0 amide bonds. The molecular weight excluding hydrogens is 326 g/mol. The van der Waals surface area contributed by atoms with E-state index in [2.05, 4.69) is 9.97 Å². The van der Waals surface area contributed by atoms with E-state index in [4.69, 9.17) is 9.47 Å². The van der Waals surface area contributed by atoms with Crippen molar-refractivity contribution < 1.29 is 18.3 Å². The molecule has 1 saturated carbocycles. The van der Waals surface area contributed by atoms with Gasteiger partial charge in [-0.05, 0) is 43.4 Å². The Labute approximate surface area is 146 Å². The standard InChI is InChI=1S/C19H22F2N2O2/c1-13-22-10-16(11-23-13)15-7-17(24-2)9-18(8-15)25-12-14-3-5-19(20,21)6-4-14/h7-11,14H,3-6,12H2,1-2H3. The van der Waals surface area contributed by atoms with E-state index in [0.717, 1.165) is 11.1 Å². The predicted octanol–water partition coefficient (Wildman–Crippen LogP) is 4.66. The van der Waals surface area contributed by atoms with Crippen LogP contribution in [0.3, 0.4) is 0 Å². The highest BCUT2D eigenvalue weighted by molar-refractivity contribution is 5.65. The molecule has 25 heavy (non-hydrogen) atoms. The molecule has 3 rings (SSSR count). The van der Waals surface area contributed by atoms with E-state index < -0.39 is 5.92 Å². The number of hydrogen-bond acceptors (Lipinski definition) is 4. The molecule has 0 N–H and O–H groups in total. The lowest BCUT2D eigenvalue weighted by molar-refractivity contribution is -0.0498. The number of halogens is 2. The third-order valence-corrected chi connectivity index (χ3v) is 4.55. The number of alkyl halides is 2. The van der Waals surface area contributed by atoms with Gasteiger partial charge in [-0.15, -0.1) is 0 Å². The second-order valence-electron chi connectivity index (χ2n) is 6.53. The van der Waals surface area contributed by atoms with Crippen molar-refractivity contribution in [3.8, 4) is 22.6 Å². The van der Waals surface area contributed by atoms with E-state index in [9.17, 15) is 8.78 Å². The van der Waals surface area contributed by atoms with Gasteiger partial charge >= 0.3 is 0 Å². The topological polar surface area (TPSA) is 44.2 Å². The van der Waals surface area contributed by atoms with Crippen molar-refractivity contribution >= 4 is 0 Å². The Morgan fingerprint density at radius 3 is 2.32 bits per heavy atom. The van der Waals surface area contributed by atoms with E-state index in [-0.39, 0.29) is 18.8 Å². The van der Waals surface area contributed by atoms with Gasteiger partial charge in [0.15, 0.2) is 0 Å². The van der Waals surface area contributed by atoms with Crippen LogP contribution in [0, 0.1) is 12.8 Å². The Bertz CT molecular complexity index is 710. The lowest BCUT2D eigenvalue weighted by Crippen LogP contribution is -2.27. The SMILES string of the molecule is COc1cc(OCC2CCC(F)(F)CC2)cc(-c2cnc(C)nc2)c1. The van der Waals surface area contributed by atoms with Crippen molar-refractivity contribution in [2.45, 2.75) is 38.5 Å². The van der Waals surface area contributed by atoms with Gasteiger partial charge in [0, 0.05) is 36.9 Å². The van der Waals surface area contributed by atoms with Crippen LogP contribution >= 0.6 is 0 Å². The summed E-state index contributed by atoms with van der Waals surface area (Å²) in [7, 11) is 1.59. The zero-order valence-electron chi connectivity index (χ0n) is 14.5. The molecule has 1 heterocycles. The number of nitrogens with zero attached hydrogens (tertiary/aromatic N) is 2. The van der Waals surface area contributed by atoms with Crippen LogP contribution in [0.25, 0.3) is 11.1 Å². The maximum absolute atomic E-state index is 13.2. The van der Waals surface area contributed by atoms with Gasteiger partial charge in [0.2, 0.25) is 5.92 Å². The summed E-state index contributed by atoms with van der Waals surface area (Å²) in [5.74, 6) is -0.310. The molecule has 1 aromatic carbocycles. The number of methoxy groups -OCH3 is 1. The molecule has 1 aromatic heterocycles. The van der Waals surface area contributed by atoms with Crippen LogP contribution in [0.2, 0.25) is 0 Å². The van der Waals surface area contributed by atoms with Crippen LogP contribution < -0.4 is 9.47 Å². The summed E-state index contributed by atoms with van der Waals surface area (Å²) in [4.78, 5) is 8.42. The Kier molecular flexibility index (Phi) is 5.16. The number of hydrogen-bond donors (Lipinski definition) is 0. The molecule has 2 aromatic rings. The van der Waals surface area contributed by atoms with Crippen molar-refractivity contribution in [1.29, 1.82) is 0 Å². The predicted molar refractivity (Wildman–Crippen MR) is 91.2 cm³/mol. The monoisotopic (exact) mass is 348 g/mol. The first kappa shape index (κ1) is 17.6. The maximum atomic E-state index is 13.2. The van der Waals surface area contributed by atoms with Gasteiger partial charge in [-0.25, -0.2) is 18.7 Å². The number of aromatic nitrogens is 2. The van der Waals surface area contributed by atoms with Gasteiger partial charge in [0.1, 0.15) is 17.3 Å². The largest absolute Gasteiger partial charge is 0.497 e. The van der Waals surface area contributed by atoms with Crippen molar-refractivity contribution in [3.05, 3.63) is 36.4 Å². The Balaban J connectivity index is 1.71. The lowest BCUT2D eigenvalue weighted by Gasteiger charge is -2.28. The van der Waals surface area contributed by atoms with Crippen molar-refractivity contribution in [2.24, 2.45) is 5.92 Å². The van der Waals surface area contributed by atoms with Crippen molar-refractivity contribution in [3.63, 3.8) is 0 Å². The van der Waals surface area contributed by atoms with Crippen molar-refractivity contribution in [2.75, 3.05) is 13.7 Å². The number of benzene rings is 1. The fourth-order valence-electron chi connectivity index (χ4n) is 2.96. The number of ether oxygens (including phenoxy) is 2. The molecule has 0 aliphatic heterocycles. The highest BCUT2D eigenvalue weighted by atomic mass is 19.3. The first-order chi connectivity index (χ1) is 11.9. The molecule has 0 atom stereocenters. The Morgan fingerprint density at radius 1 is 1.04 bits per heavy atom. The minimum absolute atomic E-state index is 0.0505. The fourth-order valence-corrected chi connectivity index (χ4v) is 2.96. The zero-order valence-corrected chi connectivity index (χ0v) is 14.5. The summed E-state index contributed by atoms with van der Waals surface area (Å²) in [5.41, 5.74) is 1.76. The summed E-state index contributed by atoms with van der Waals surface area (Å²) < 4.78 is 37.7. The van der Waals surface area contributed by atoms with Gasteiger partial charge in [0.05, 0.1) is 13.7 Å². The van der Waals surface area contributed by atoms with Gasteiger partial charge in [-0.3, -0.25) is 0 Å². The van der Waals surface area contributed by atoms with Gasteiger partial charge < -0.3 is 9.47 Å². The Hall–Kier alpha value is -2.24. The van der Waals surface area contributed by atoms with Crippen LogP contribution in [-0.4, -0.2) is 29.6 Å². The zero-order chi connectivity index (χ0) is 17.9. The highest BCUT2D eigenvalue weighted by Gasteiger charge is 2.35. The molecule has 1 aliphatic rings. The number of rotatable bonds is 5. The third kappa shape index (κ3) is 4.65. The fraction of sp³-hybridized carbons (Fsp3) is 0.474. The summed E-state index contributed by atoms with van der Waals surface area (Å²) in [6, 6.07) is 5.59. The average molecular weight is 348 g/mol. The molecule has 6 heteroatoms. The van der Waals surface area contributed by atoms with Crippen LogP contribution in [0.4, 0.5) is 8.78 Å². The molecular formula is C19H22F2N2O2. The average Bonchev–Trinajstić information content (AvgIpc) is 2.61. The minimum Gasteiger partial charge on any atom is -0.497 e. The van der Waals surface area contributed by atoms with Crippen LogP contribution in [0.1, 0.15) is 31.5 Å². The summed E-state index contributed by atoms with van der Waals surface area (Å²) in [5, 5.41) is 0. The van der Waals surface area contributed by atoms with E-state index in [0.29, 0.717) is 36.8 Å². The molecule has 0 unspecified atom stereocenters. The molecule has 1 fully saturated rings. The van der Waals surface area contributed by atoms with E-state index >= 15 is 0 Å². The maximum Gasteiger partial charge on any atom is 0.248 e. The van der Waals surface area contributed by atoms with E-state index in [1.54, 1.807) is 25.6 Å². The first-order valence-corrected chi connectivity index (χ1v) is 8.44. The normalized spacial score (nSPS) is 17.3. The van der Waals surface area contributed by atoms with Crippen LogP contribution in [-0.2, 0) is 0 Å². The minimum atomic E-state index is -2.51. The molecule has 0 bridgehead atoms.